The molecular weight excluding hydrogens is 332 g/mol. The summed E-state index contributed by atoms with van der Waals surface area (Å²) in [5, 5.41) is 0. The smallest absolute Gasteiger partial charge is 0.138 e. The molecule has 1 aliphatic rings. The SMILES string of the molecule is CN1CCN(c2ccc3nc(-c4ccc5nsnc5c4)[nH]c3c2)CC1. The molecule has 7 heteroatoms. The van der Waals surface area contributed by atoms with Gasteiger partial charge >= 0.3 is 0 Å². The molecule has 25 heavy (non-hydrogen) atoms. The van der Waals surface area contributed by atoms with Crippen molar-refractivity contribution in [3.8, 4) is 11.4 Å². The Balaban J connectivity index is 1.50. The Morgan fingerprint density at radius 1 is 0.920 bits per heavy atom. The predicted molar refractivity (Wildman–Crippen MR) is 102 cm³/mol. The van der Waals surface area contributed by atoms with Gasteiger partial charge in [-0.2, -0.15) is 8.75 Å². The van der Waals surface area contributed by atoms with Crippen molar-refractivity contribution in [2.75, 3.05) is 38.1 Å². The highest BCUT2D eigenvalue weighted by atomic mass is 32.1. The summed E-state index contributed by atoms with van der Waals surface area (Å²) in [5.41, 5.74) is 6.21. The molecule has 0 bridgehead atoms. The molecule has 1 N–H and O–H groups in total. The molecule has 0 saturated carbocycles. The van der Waals surface area contributed by atoms with Gasteiger partial charge in [-0.3, -0.25) is 0 Å². The third-order valence-electron chi connectivity index (χ3n) is 4.86. The Morgan fingerprint density at radius 2 is 1.72 bits per heavy atom. The molecule has 2 aromatic carbocycles. The molecule has 0 aliphatic carbocycles. The van der Waals surface area contributed by atoms with Crippen molar-refractivity contribution in [1.29, 1.82) is 0 Å². The molecule has 5 rings (SSSR count). The molecule has 3 heterocycles. The fourth-order valence-electron chi connectivity index (χ4n) is 3.33. The quantitative estimate of drug-likeness (QED) is 0.602. The number of rotatable bonds is 2. The van der Waals surface area contributed by atoms with Gasteiger partial charge in [-0.15, -0.1) is 0 Å². The molecule has 1 saturated heterocycles. The first kappa shape index (κ1) is 14.8. The number of aromatic nitrogens is 4. The zero-order valence-electron chi connectivity index (χ0n) is 13.9. The second-order valence-electron chi connectivity index (χ2n) is 6.54. The number of aromatic amines is 1. The number of fused-ring (bicyclic) bond motifs is 2. The van der Waals surface area contributed by atoms with Crippen LogP contribution in [0.3, 0.4) is 0 Å². The molecule has 6 nitrogen and oxygen atoms in total. The summed E-state index contributed by atoms with van der Waals surface area (Å²) in [6.45, 7) is 4.34. The first-order valence-electron chi connectivity index (χ1n) is 8.42. The summed E-state index contributed by atoms with van der Waals surface area (Å²) >= 11 is 1.24. The molecule has 1 fully saturated rings. The van der Waals surface area contributed by atoms with E-state index in [0.29, 0.717) is 0 Å². The molecule has 126 valence electrons. The first-order chi connectivity index (χ1) is 12.3. The van der Waals surface area contributed by atoms with E-state index in [1.807, 2.05) is 18.2 Å². The standard InChI is InChI=1S/C18H18N6S/c1-23-6-8-24(9-7-23)13-3-5-14-16(11-13)20-18(19-14)12-2-4-15-17(10-12)22-25-21-15/h2-5,10-11H,6-9H2,1H3,(H,19,20). The lowest BCUT2D eigenvalue weighted by atomic mass is 10.2. The molecule has 0 amide bonds. The molecule has 0 atom stereocenters. The number of nitrogens with one attached hydrogen (secondary N) is 1. The second kappa shape index (κ2) is 5.79. The van der Waals surface area contributed by atoms with Crippen LogP contribution in [-0.2, 0) is 0 Å². The van der Waals surface area contributed by atoms with Gasteiger partial charge < -0.3 is 14.8 Å². The van der Waals surface area contributed by atoms with Gasteiger partial charge in [0, 0.05) is 37.4 Å². The van der Waals surface area contributed by atoms with E-state index in [2.05, 4.69) is 48.8 Å². The van der Waals surface area contributed by atoms with Gasteiger partial charge in [-0.1, -0.05) is 0 Å². The summed E-state index contributed by atoms with van der Waals surface area (Å²) in [6, 6.07) is 12.6. The third kappa shape index (κ3) is 2.65. The minimum atomic E-state index is 0.875. The van der Waals surface area contributed by atoms with Crippen LogP contribution >= 0.6 is 11.7 Å². The molecular formula is C18H18N6S. The fourth-order valence-corrected chi connectivity index (χ4v) is 3.84. The zero-order chi connectivity index (χ0) is 16.8. The molecule has 2 aromatic heterocycles. The number of imidazole rings is 1. The molecule has 4 aromatic rings. The van der Waals surface area contributed by atoms with Gasteiger partial charge in [0.05, 0.1) is 22.8 Å². The lowest BCUT2D eigenvalue weighted by Crippen LogP contribution is -2.44. The number of nitrogens with zero attached hydrogens (tertiary/aromatic N) is 5. The van der Waals surface area contributed by atoms with Crippen molar-refractivity contribution in [3.05, 3.63) is 36.4 Å². The maximum absolute atomic E-state index is 4.75. The normalized spacial score (nSPS) is 16.1. The number of likely N-dealkylation sites (N-methyl/N-ethyl adjacent to an activating group) is 1. The molecule has 0 unspecified atom stereocenters. The Kier molecular flexibility index (Phi) is 3.43. The lowest BCUT2D eigenvalue weighted by Gasteiger charge is -2.34. The summed E-state index contributed by atoms with van der Waals surface area (Å²) in [7, 11) is 2.18. The average Bonchev–Trinajstić information content (AvgIpc) is 3.27. The van der Waals surface area contributed by atoms with E-state index in [-0.39, 0.29) is 0 Å². The summed E-state index contributed by atoms with van der Waals surface area (Å²) in [4.78, 5) is 13.0. The Labute approximate surface area is 149 Å². The van der Waals surface area contributed by atoms with Gasteiger partial charge in [0.15, 0.2) is 0 Å². The average molecular weight is 350 g/mol. The largest absolute Gasteiger partial charge is 0.369 e. The van der Waals surface area contributed by atoms with Crippen LogP contribution in [0.15, 0.2) is 36.4 Å². The van der Waals surface area contributed by atoms with Gasteiger partial charge in [-0.05, 0) is 43.4 Å². The number of hydrogen-bond acceptors (Lipinski definition) is 6. The van der Waals surface area contributed by atoms with Crippen LogP contribution in [0.4, 0.5) is 5.69 Å². The van der Waals surface area contributed by atoms with Crippen LogP contribution in [0.5, 0.6) is 0 Å². The van der Waals surface area contributed by atoms with Crippen molar-refractivity contribution < 1.29 is 0 Å². The van der Waals surface area contributed by atoms with Crippen molar-refractivity contribution >= 4 is 39.5 Å². The van der Waals surface area contributed by atoms with E-state index in [0.717, 1.165) is 59.6 Å². The monoisotopic (exact) mass is 350 g/mol. The van der Waals surface area contributed by atoms with Crippen molar-refractivity contribution in [2.45, 2.75) is 0 Å². The topological polar surface area (TPSA) is 60.9 Å². The van der Waals surface area contributed by atoms with E-state index in [4.69, 9.17) is 4.98 Å². The maximum atomic E-state index is 4.75. The highest BCUT2D eigenvalue weighted by Gasteiger charge is 2.15. The lowest BCUT2D eigenvalue weighted by molar-refractivity contribution is 0.313. The minimum Gasteiger partial charge on any atom is -0.369 e. The predicted octanol–water partition coefficient (Wildman–Crippen LogP) is 2.99. The number of benzene rings is 2. The van der Waals surface area contributed by atoms with Crippen LogP contribution in [0, 0.1) is 0 Å². The Morgan fingerprint density at radius 3 is 2.60 bits per heavy atom. The summed E-state index contributed by atoms with van der Waals surface area (Å²) in [6.07, 6.45) is 0. The maximum Gasteiger partial charge on any atom is 0.138 e. The van der Waals surface area contributed by atoms with E-state index < -0.39 is 0 Å². The van der Waals surface area contributed by atoms with Gasteiger partial charge in [0.1, 0.15) is 16.9 Å². The molecule has 0 spiro atoms. The van der Waals surface area contributed by atoms with Crippen LogP contribution in [-0.4, -0.2) is 56.8 Å². The molecule has 1 aliphatic heterocycles. The van der Waals surface area contributed by atoms with E-state index >= 15 is 0 Å². The molecule has 0 radical (unpaired) electrons. The van der Waals surface area contributed by atoms with Crippen molar-refractivity contribution in [1.82, 2.24) is 23.6 Å². The van der Waals surface area contributed by atoms with Gasteiger partial charge in [0.25, 0.3) is 0 Å². The van der Waals surface area contributed by atoms with Gasteiger partial charge in [-0.25, -0.2) is 4.98 Å². The summed E-state index contributed by atoms with van der Waals surface area (Å²) in [5.74, 6) is 0.875. The first-order valence-corrected chi connectivity index (χ1v) is 9.15. The Bertz CT molecular complexity index is 1040. The number of H-pyrrole nitrogens is 1. The van der Waals surface area contributed by atoms with Crippen LogP contribution in [0.25, 0.3) is 33.5 Å². The van der Waals surface area contributed by atoms with Crippen LogP contribution < -0.4 is 4.90 Å². The van der Waals surface area contributed by atoms with E-state index in [1.165, 1.54) is 17.4 Å². The van der Waals surface area contributed by atoms with Crippen LogP contribution in [0.2, 0.25) is 0 Å². The van der Waals surface area contributed by atoms with E-state index in [1.54, 1.807) is 0 Å². The highest BCUT2D eigenvalue weighted by Crippen LogP contribution is 2.26. The highest BCUT2D eigenvalue weighted by molar-refractivity contribution is 7.00. The summed E-state index contributed by atoms with van der Waals surface area (Å²) < 4.78 is 8.57. The third-order valence-corrected chi connectivity index (χ3v) is 5.42. The zero-order valence-corrected chi connectivity index (χ0v) is 14.8. The van der Waals surface area contributed by atoms with Gasteiger partial charge in [0.2, 0.25) is 0 Å². The number of anilines is 1. The van der Waals surface area contributed by atoms with Crippen molar-refractivity contribution in [3.63, 3.8) is 0 Å². The van der Waals surface area contributed by atoms with Crippen LogP contribution in [0.1, 0.15) is 0 Å². The second-order valence-corrected chi connectivity index (χ2v) is 7.07. The van der Waals surface area contributed by atoms with E-state index in [9.17, 15) is 0 Å². The number of hydrogen-bond donors (Lipinski definition) is 1. The Hall–Kier alpha value is -2.51. The minimum absolute atomic E-state index is 0.875. The van der Waals surface area contributed by atoms with Crippen molar-refractivity contribution in [2.24, 2.45) is 0 Å². The fraction of sp³-hybridized carbons (Fsp3) is 0.278. The number of piperazine rings is 1.